The molecule has 1 fully saturated rings. The number of likely N-dealkylation sites (tertiary alicyclic amines) is 1. The third-order valence-corrected chi connectivity index (χ3v) is 2.25. The first-order valence-electron chi connectivity index (χ1n) is 4.06. The molecule has 60 valence electrons. The van der Waals surface area contributed by atoms with Gasteiger partial charge >= 0.3 is 0 Å². The largest absolute Gasteiger partial charge is 0.377 e. The number of likely N-dealkylation sites (N-methyl/N-ethyl adjacent to an activating group) is 1. The molecule has 2 nitrogen and oxygen atoms in total. The van der Waals surface area contributed by atoms with Gasteiger partial charge in [-0.2, -0.15) is 0 Å². The number of ether oxygens (including phenoxy) is 1. The molecular formula is C8H17NO. The van der Waals surface area contributed by atoms with E-state index in [1.165, 1.54) is 6.42 Å². The molecule has 1 aliphatic rings. The standard InChI is InChI=1S/C8H17NO/c1-4-10-8-5-7(2)9(3)6-8/h7-8H,4-6H2,1-3H3/t7-,8+/m0/s1. The molecule has 2 heteroatoms. The van der Waals surface area contributed by atoms with Crippen molar-refractivity contribution in [2.75, 3.05) is 20.2 Å². The summed E-state index contributed by atoms with van der Waals surface area (Å²) in [5.41, 5.74) is 0. The third kappa shape index (κ3) is 1.70. The van der Waals surface area contributed by atoms with Crippen LogP contribution in [0.3, 0.4) is 0 Å². The van der Waals surface area contributed by atoms with Crippen molar-refractivity contribution in [3.8, 4) is 0 Å². The summed E-state index contributed by atoms with van der Waals surface area (Å²) >= 11 is 0. The number of nitrogens with zero attached hydrogens (tertiary/aromatic N) is 1. The second-order valence-electron chi connectivity index (χ2n) is 3.10. The fraction of sp³-hybridized carbons (Fsp3) is 1.00. The number of hydrogen-bond acceptors (Lipinski definition) is 2. The van der Waals surface area contributed by atoms with Gasteiger partial charge in [0.15, 0.2) is 0 Å². The second kappa shape index (κ2) is 3.35. The number of hydrogen-bond donors (Lipinski definition) is 0. The van der Waals surface area contributed by atoms with Gasteiger partial charge in [0.1, 0.15) is 0 Å². The van der Waals surface area contributed by atoms with Gasteiger partial charge in [0.2, 0.25) is 0 Å². The van der Waals surface area contributed by atoms with Gasteiger partial charge < -0.3 is 9.64 Å². The zero-order valence-corrected chi connectivity index (χ0v) is 7.13. The predicted molar refractivity (Wildman–Crippen MR) is 42.1 cm³/mol. The van der Waals surface area contributed by atoms with Crippen LogP contribution in [0.25, 0.3) is 0 Å². The SMILES string of the molecule is CCO[C@@H]1C[C@H](C)N(C)C1. The van der Waals surface area contributed by atoms with E-state index in [9.17, 15) is 0 Å². The lowest BCUT2D eigenvalue weighted by molar-refractivity contribution is 0.0708. The van der Waals surface area contributed by atoms with Gasteiger partial charge in [-0.3, -0.25) is 0 Å². The Hall–Kier alpha value is -0.0800. The lowest BCUT2D eigenvalue weighted by Gasteiger charge is -2.12. The molecule has 1 saturated heterocycles. The van der Waals surface area contributed by atoms with E-state index in [0.29, 0.717) is 12.1 Å². The molecule has 1 aliphatic heterocycles. The Labute approximate surface area is 63.2 Å². The Morgan fingerprint density at radius 3 is 2.70 bits per heavy atom. The van der Waals surface area contributed by atoms with E-state index >= 15 is 0 Å². The Balaban J connectivity index is 2.27. The van der Waals surface area contributed by atoms with Crippen molar-refractivity contribution in [1.82, 2.24) is 4.90 Å². The normalized spacial score (nSPS) is 35.1. The molecule has 0 bridgehead atoms. The Bertz CT molecular complexity index is 95.4. The molecule has 0 aromatic heterocycles. The lowest BCUT2D eigenvalue weighted by atomic mass is 10.2. The molecule has 0 aromatic carbocycles. The quantitative estimate of drug-likeness (QED) is 0.574. The predicted octanol–water partition coefficient (Wildman–Crippen LogP) is 1.12. The van der Waals surface area contributed by atoms with Gasteiger partial charge in [-0.05, 0) is 27.3 Å². The van der Waals surface area contributed by atoms with Crippen molar-refractivity contribution in [3.05, 3.63) is 0 Å². The molecule has 10 heavy (non-hydrogen) atoms. The van der Waals surface area contributed by atoms with Crippen molar-refractivity contribution in [1.29, 1.82) is 0 Å². The highest BCUT2D eigenvalue weighted by Crippen LogP contribution is 2.17. The van der Waals surface area contributed by atoms with E-state index in [0.717, 1.165) is 13.2 Å². The average Bonchev–Trinajstić information content (AvgIpc) is 2.14. The molecule has 1 rings (SSSR count). The molecule has 0 aromatic rings. The maximum Gasteiger partial charge on any atom is 0.0716 e. The average molecular weight is 143 g/mol. The fourth-order valence-corrected chi connectivity index (χ4v) is 1.49. The van der Waals surface area contributed by atoms with Gasteiger partial charge in [0.05, 0.1) is 6.10 Å². The van der Waals surface area contributed by atoms with Gasteiger partial charge in [0, 0.05) is 19.2 Å². The highest BCUT2D eigenvalue weighted by atomic mass is 16.5. The van der Waals surface area contributed by atoms with E-state index in [1.54, 1.807) is 0 Å². The van der Waals surface area contributed by atoms with Crippen LogP contribution >= 0.6 is 0 Å². The second-order valence-corrected chi connectivity index (χ2v) is 3.10. The Morgan fingerprint density at radius 2 is 2.30 bits per heavy atom. The molecule has 0 aliphatic carbocycles. The first-order valence-corrected chi connectivity index (χ1v) is 4.06. The molecule has 0 N–H and O–H groups in total. The van der Waals surface area contributed by atoms with E-state index < -0.39 is 0 Å². The highest BCUT2D eigenvalue weighted by Gasteiger charge is 2.25. The Morgan fingerprint density at radius 1 is 1.60 bits per heavy atom. The van der Waals surface area contributed by atoms with Crippen LogP contribution in [-0.2, 0) is 4.74 Å². The summed E-state index contributed by atoms with van der Waals surface area (Å²) < 4.78 is 5.50. The minimum Gasteiger partial charge on any atom is -0.377 e. The van der Waals surface area contributed by atoms with Crippen LogP contribution in [0, 0.1) is 0 Å². The van der Waals surface area contributed by atoms with Crippen molar-refractivity contribution < 1.29 is 4.74 Å². The van der Waals surface area contributed by atoms with Crippen LogP contribution in [0.15, 0.2) is 0 Å². The van der Waals surface area contributed by atoms with Gasteiger partial charge in [-0.15, -0.1) is 0 Å². The summed E-state index contributed by atoms with van der Waals surface area (Å²) in [6.07, 6.45) is 1.69. The molecule has 0 saturated carbocycles. The third-order valence-electron chi connectivity index (χ3n) is 2.25. The van der Waals surface area contributed by atoms with Gasteiger partial charge in [-0.25, -0.2) is 0 Å². The van der Waals surface area contributed by atoms with Crippen LogP contribution in [0.2, 0.25) is 0 Å². The minimum atomic E-state index is 0.491. The van der Waals surface area contributed by atoms with Crippen LogP contribution in [0.1, 0.15) is 20.3 Å². The first kappa shape index (κ1) is 8.02. The van der Waals surface area contributed by atoms with Gasteiger partial charge in [-0.1, -0.05) is 0 Å². The van der Waals surface area contributed by atoms with Crippen LogP contribution in [0.4, 0.5) is 0 Å². The zero-order chi connectivity index (χ0) is 7.56. The summed E-state index contributed by atoms with van der Waals surface area (Å²) in [4.78, 5) is 2.35. The molecule has 0 radical (unpaired) electrons. The Kier molecular flexibility index (Phi) is 2.69. The molecule has 1 heterocycles. The van der Waals surface area contributed by atoms with Crippen molar-refractivity contribution in [3.63, 3.8) is 0 Å². The van der Waals surface area contributed by atoms with Crippen molar-refractivity contribution >= 4 is 0 Å². The summed E-state index contributed by atoms with van der Waals surface area (Å²) in [5, 5.41) is 0. The minimum absolute atomic E-state index is 0.491. The van der Waals surface area contributed by atoms with Gasteiger partial charge in [0.25, 0.3) is 0 Å². The fourth-order valence-electron chi connectivity index (χ4n) is 1.49. The first-order chi connectivity index (χ1) is 4.74. The molecule has 0 unspecified atom stereocenters. The van der Waals surface area contributed by atoms with Crippen LogP contribution < -0.4 is 0 Å². The van der Waals surface area contributed by atoms with Crippen molar-refractivity contribution in [2.45, 2.75) is 32.4 Å². The lowest BCUT2D eigenvalue weighted by Crippen LogP contribution is -2.22. The molecule has 2 atom stereocenters. The molecule has 0 spiro atoms. The topological polar surface area (TPSA) is 12.5 Å². The van der Waals surface area contributed by atoms with Crippen LogP contribution in [-0.4, -0.2) is 37.2 Å². The monoisotopic (exact) mass is 143 g/mol. The smallest absolute Gasteiger partial charge is 0.0716 e. The summed E-state index contributed by atoms with van der Waals surface area (Å²) in [5.74, 6) is 0. The maximum atomic E-state index is 5.50. The van der Waals surface area contributed by atoms with Crippen molar-refractivity contribution in [2.24, 2.45) is 0 Å². The number of rotatable bonds is 2. The van der Waals surface area contributed by atoms with Crippen LogP contribution in [0.5, 0.6) is 0 Å². The van der Waals surface area contributed by atoms with E-state index in [1.807, 2.05) is 0 Å². The van der Waals surface area contributed by atoms with E-state index in [4.69, 9.17) is 4.74 Å². The highest BCUT2D eigenvalue weighted by molar-refractivity contribution is 4.80. The maximum absolute atomic E-state index is 5.50. The van der Waals surface area contributed by atoms with E-state index in [2.05, 4.69) is 25.8 Å². The summed E-state index contributed by atoms with van der Waals surface area (Å²) in [7, 11) is 2.16. The zero-order valence-electron chi connectivity index (χ0n) is 7.13. The summed E-state index contributed by atoms with van der Waals surface area (Å²) in [6, 6.07) is 0.705. The van der Waals surface area contributed by atoms with E-state index in [-0.39, 0.29) is 0 Å². The molecule has 0 amide bonds. The summed E-state index contributed by atoms with van der Waals surface area (Å²) in [6.45, 7) is 6.27. The molecular weight excluding hydrogens is 126 g/mol.